The highest BCUT2D eigenvalue weighted by Crippen LogP contribution is 2.42. The number of fused-ring (bicyclic) bond motifs is 1. The van der Waals surface area contributed by atoms with Gasteiger partial charge in [0.15, 0.2) is 5.65 Å². The second-order valence-electron chi connectivity index (χ2n) is 10.7. The molecule has 1 aromatic carbocycles. The molecule has 0 radical (unpaired) electrons. The van der Waals surface area contributed by atoms with Crippen LogP contribution in [0.4, 0.5) is 0 Å². The van der Waals surface area contributed by atoms with E-state index in [0.717, 1.165) is 29.0 Å². The van der Waals surface area contributed by atoms with Crippen LogP contribution in [-0.4, -0.2) is 56.1 Å². The number of hydrogen-bond acceptors (Lipinski definition) is 10. The Morgan fingerprint density at radius 1 is 1.24 bits per heavy atom. The lowest BCUT2D eigenvalue weighted by atomic mass is 10.1. The van der Waals surface area contributed by atoms with Crippen molar-refractivity contribution in [3.63, 3.8) is 0 Å². The maximum atomic E-state index is 12.8. The van der Waals surface area contributed by atoms with Crippen molar-refractivity contribution in [3.8, 4) is 5.75 Å². The van der Waals surface area contributed by atoms with Crippen molar-refractivity contribution in [2.24, 2.45) is 5.92 Å². The molecule has 5 atom stereocenters. The van der Waals surface area contributed by atoms with Crippen molar-refractivity contribution in [2.45, 2.75) is 96.7 Å². The van der Waals surface area contributed by atoms with Gasteiger partial charge in [-0.1, -0.05) is 45.7 Å². The molecule has 4 rings (SSSR count). The zero-order valence-corrected chi connectivity index (χ0v) is 28.1. The zero-order valence-electron chi connectivity index (χ0n) is 25.7. The number of nitrogens with zero attached hydrogens (tertiary/aromatic N) is 4. The second kappa shape index (κ2) is 16.2. The lowest BCUT2D eigenvalue weighted by Crippen LogP contribution is -2.47. The molecule has 0 bridgehead atoms. The van der Waals surface area contributed by atoms with E-state index in [-0.39, 0.29) is 36.9 Å². The number of benzene rings is 1. The van der Waals surface area contributed by atoms with Crippen molar-refractivity contribution >= 4 is 49.0 Å². The normalized spacial score (nSPS) is 20.1. The smallest absolute Gasteiger partial charge is 0.326 e. The molecular formula is C29H43ClN5O5PS. The van der Waals surface area contributed by atoms with Crippen LogP contribution in [-0.2, 0) is 18.8 Å². The van der Waals surface area contributed by atoms with Gasteiger partial charge in [-0.3, -0.25) is 9.36 Å². The first-order chi connectivity index (χ1) is 20.0. The van der Waals surface area contributed by atoms with Gasteiger partial charge in [0.05, 0.1) is 25.1 Å². The van der Waals surface area contributed by atoms with Gasteiger partial charge in [0.2, 0.25) is 0 Å². The van der Waals surface area contributed by atoms with Crippen molar-refractivity contribution in [1.29, 1.82) is 0 Å². The number of ether oxygens (including phenoxy) is 2. The topological polar surface area (TPSA) is 110 Å². The number of imidazole rings is 1. The quantitative estimate of drug-likeness (QED) is 0.0922. The fraction of sp³-hybridized carbons (Fsp3) is 0.586. The summed E-state index contributed by atoms with van der Waals surface area (Å²) in [7, 11) is -1.74. The number of halogens is 1. The van der Waals surface area contributed by atoms with E-state index in [1.54, 1.807) is 50.8 Å². The summed E-state index contributed by atoms with van der Waals surface area (Å²) in [5, 5.41) is 4.64. The summed E-state index contributed by atoms with van der Waals surface area (Å²) in [6, 6.07) is 6.99. The third kappa shape index (κ3) is 9.24. The first-order valence-corrected chi connectivity index (χ1v) is 17.0. The molecule has 1 fully saturated rings. The summed E-state index contributed by atoms with van der Waals surface area (Å²) in [5.74, 6) is 0.385. The molecule has 1 aliphatic rings. The minimum atomic E-state index is -1.74. The SMILES string of the molecule is CCC.CCC(C)OC(=O)C(C)(C)NP(OCC1CC(C)C(n2cnc3c(SC)ncnc32)O1)Oc1ccc(Cl)cc1. The number of nitrogens with one attached hydrogen (secondary N) is 1. The monoisotopic (exact) mass is 639 g/mol. The lowest BCUT2D eigenvalue weighted by Gasteiger charge is -2.30. The van der Waals surface area contributed by atoms with Crippen LogP contribution < -0.4 is 9.61 Å². The van der Waals surface area contributed by atoms with Crippen molar-refractivity contribution in [2.75, 3.05) is 12.9 Å². The number of thioether (sulfide) groups is 1. The van der Waals surface area contributed by atoms with Crippen LogP contribution in [0, 0.1) is 5.92 Å². The first kappa shape index (κ1) is 34.5. The number of aromatic nitrogens is 4. The van der Waals surface area contributed by atoms with Gasteiger partial charge in [-0.25, -0.2) is 20.0 Å². The Morgan fingerprint density at radius 3 is 2.57 bits per heavy atom. The van der Waals surface area contributed by atoms with E-state index in [2.05, 4.69) is 40.8 Å². The summed E-state index contributed by atoms with van der Waals surface area (Å²) in [6.07, 6.45) is 7.39. The van der Waals surface area contributed by atoms with Crippen LogP contribution in [0.25, 0.3) is 11.2 Å². The standard InChI is InChI=1S/C26H35ClN5O5PS.C3H8/c1-7-17(3)35-25(33)26(4,5)31-38(37-19-10-8-18(27)9-11-19)34-13-20-12-16(2)24(36-20)32-15-30-21-22(32)28-14-29-23(21)39-6;1-3-2/h8-11,14-17,20,24,31H,7,12-13H2,1-6H3;3H2,1-2H3. The van der Waals surface area contributed by atoms with Gasteiger partial charge in [-0.2, -0.15) is 0 Å². The van der Waals surface area contributed by atoms with Gasteiger partial charge in [-0.05, 0) is 64.1 Å². The molecule has 1 N–H and O–H groups in total. The number of rotatable bonds is 12. The predicted octanol–water partition coefficient (Wildman–Crippen LogP) is 7.57. The third-order valence-electron chi connectivity index (χ3n) is 6.39. The van der Waals surface area contributed by atoms with Crippen molar-refractivity contribution in [3.05, 3.63) is 41.9 Å². The molecule has 2 aromatic heterocycles. The van der Waals surface area contributed by atoms with Gasteiger partial charge in [0.1, 0.15) is 34.4 Å². The lowest BCUT2D eigenvalue weighted by molar-refractivity contribution is -0.154. The maximum Gasteiger partial charge on any atom is 0.326 e. The van der Waals surface area contributed by atoms with E-state index in [0.29, 0.717) is 10.8 Å². The first-order valence-electron chi connectivity index (χ1n) is 14.2. The Kier molecular flexibility index (Phi) is 13.3. The highest BCUT2D eigenvalue weighted by Gasteiger charge is 2.38. The summed E-state index contributed by atoms with van der Waals surface area (Å²) >= 11 is 7.57. The van der Waals surface area contributed by atoms with Gasteiger partial charge in [0.25, 0.3) is 0 Å². The molecule has 13 heteroatoms. The minimum absolute atomic E-state index is 0.190. The van der Waals surface area contributed by atoms with Gasteiger partial charge in [-0.15, -0.1) is 11.8 Å². The summed E-state index contributed by atoms with van der Waals surface area (Å²) in [6.45, 7) is 14.0. The fourth-order valence-electron chi connectivity index (χ4n) is 4.04. The third-order valence-corrected chi connectivity index (χ3v) is 8.83. The summed E-state index contributed by atoms with van der Waals surface area (Å²) < 4.78 is 26.3. The summed E-state index contributed by atoms with van der Waals surface area (Å²) in [5.41, 5.74) is 0.457. The molecule has 10 nitrogen and oxygen atoms in total. The Balaban J connectivity index is 0.00000155. The van der Waals surface area contributed by atoms with E-state index in [4.69, 9.17) is 30.1 Å². The average molecular weight is 640 g/mol. The van der Waals surface area contributed by atoms with Crippen LogP contribution in [0.3, 0.4) is 0 Å². The number of hydrogen-bond donors (Lipinski definition) is 1. The Bertz CT molecular complexity index is 1280. The fourth-order valence-corrected chi connectivity index (χ4v) is 5.98. The predicted molar refractivity (Wildman–Crippen MR) is 169 cm³/mol. The van der Waals surface area contributed by atoms with Crippen LogP contribution in [0.2, 0.25) is 5.02 Å². The number of carbonyl (C=O) groups excluding carboxylic acids is 1. The van der Waals surface area contributed by atoms with Crippen LogP contribution in [0.5, 0.6) is 5.75 Å². The van der Waals surface area contributed by atoms with Crippen LogP contribution in [0.15, 0.2) is 41.9 Å². The number of carbonyl (C=O) groups is 1. The molecule has 3 aromatic rings. The summed E-state index contributed by atoms with van der Waals surface area (Å²) in [4.78, 5) is 26.1. The van der Waals surface area contributed by atoms with Gasteiger partial charge >= 0.3 is 14.5 Å². The molecular weight excluding hydrogens is 597 g/mol. The highest BCUT2D eigenvalue weighted by atomic mass is 35.5. The zero-order chi connectivity index (χ0) is 30.9. The van der Waals surface area contributed by atoms with Crippen LogP contribution >= 0.6 is 31.9 Å². The largest absolute Gasteiger partial charge is 0.461 e. The Hall–Kier alpha value is -2.01. The molecule has 232 valence electrons. The Labute approximate surface area is 259 Å². The van der Waals surface area contributed by atoms with E-state index in [1.165, 1.54) is 18.2 Å². The highest BCUT2D eigenvalue weighted by molar-refractivity contribution is 7.98. The Morgan fingerprint density at radius 2 is 1.93 bits per heavy atom. The van der Waals surface area contributed by atoms with E-state index < -0.39 is 14.1 Å². The number of esters is 1. The minimum Gasteiger partial charge on any atom is -0.461 e. The molecule has 5 unspecified atom stereocenters. The van der Waals surface area contributed by atoms with E-state index >= 15 is 0 Å². The molecule has 1 saturated heterocycles. The molecule has 0 spiro atoms. The maximum absolute atomic E-state index is 12.8. The van der Waals surface area contributed by atoms with E-state index in [1.807, 2.05) is 24.7 Å². The molecule has 42 heavy (non-hydrogen) atoms. The molecule has 0 amide bonds. The van der Waals surface area contributed by atoms with Gasteiger partial charge in [0, 0.05) is 10.9 Å². The molecule has 0 aliphatic carbocycles. The molecule has 0 saturated carbocycles. The molecule has 1 aliphatic heterocycles. The van der Waals surface area contributed by atoms with Crippen molar-refractivity contribution < 1.29 is 23.3 Å². The van der Waals surface area contributed by atoms with Crippen molar-refractivity contribution in [1.82, 2.24) is 24.6 Å². The second-order valence-corrected chi connectivity index (χ2v) is 13.1. The van der Waals surface area contributed by atoms with E-state index in [9.17, 15) is 4.79 Å². The average Bonchev–Trinajstić information content (AvgIpc) is 3.55. The van der Waals surface area contributed by atoms with Gasteiger partial charge < -0.3 is 18.5 Å². The van der Waals surface area contributed by atoms with Crippen LogP contribution in [0.1, 0.15) is 74.0 Å². The molecule has 3 heterocycles.